The number of carbonyl (C=O) groups is 1. The molecular weight excluding hydrogens is 172 g/mol. The molecule has 0 aliphatic carbocycles. The van der Waals surface area contributed by atoms with Gasteiger partial charge in [-0.2, -0.15) is 0 Å². The van der Waals surface area contributed by atoms with Gasteiger partial charge in [0.25, 0.3) is 0 Å². The lowest BCUT2D eigenvalue weighted by Crippen LogP contribution is -2.30. The predicted octanol–water partition coefficient (Wildman–Crippen LogP) is 0.947. The SMILES string of the molecule is COC(=O)[C@H](C)O[C@H]1OCC[C@H]1C. The van der Waals surface area contributed by atoms with Crippen molar-refractivity contribution in [3.8, 4) is 0 Å². The van der Waals surface area contributed by atoms with E-state index in [0.29, 0.717) is 12.5 Å². The highest BCUT2D eigenvalue weighted by Gasteiger charge is 2.28. The molecule has 1 aliphatic heterocycles. The zero-order valence-corrected chi connectivity index (χ0v) is 8.28. The van der Waals surface area contributed by atoms with Gasteiger partial charge in [-0.25, -0.2) is 4.79 Å². The summed E-state index contributed by atoms with van der Waals surface area (Å²) in [6.07, 6.45) is 0.183. The van der Waals surface area contributed by atoms with Gasteiger partial charge < -0.3 is 14.2 Å². The molecule has 0 aromatic heterocycles. The molecule has 1 fully saturated rings. The van der Waals surface area contributed by atoms with E-state index < -0.39 is 6.10 Å². The number of esters is 1. The third-order valence-corrected chi connectivity index (χ3v) is 2.19. The maximum Gasteiger partial charge on any atom is 0.334 e. The van der Waals surface area contributed by atoms with Gasteiger partial charge in [0.1, 0.15) is 0 Å². The molecule has 1 heterocycles. The first-order valence-corrected chi connectivity index (χ1v) is 4.50. The van der Waals surface area contributed by atoms with E-state index in [4.69, 9.17) is 9.47 Å². The molecule has 0 aromatic carbocycles. The Kier molecular flexibility index (Phi) is 3.69. The molecule has 4 heteroatoms. The highest BCUT2D eigenvalue weighted by atomic mass is 16.7. The third-order valence-electron chi connectivity index (χ3n) is 2.19. The van der Waals surface area contributed by atoms with Crippen molar-refractivity contribution in [1.82, 2.24) is 0 Å². The second-order valence-electron chi connectivity index (χ2n) is 3.31. The Morgan fingerprint density at radius 3 is 2.77 bits per heavy atom. The Hall–Kier alpha value is -0.610. The topological polar surface area (TPSA) is 44.8 Å². The zero-order chi connectivity index (χ0) is 9.84. The van der Waals surface area contributed by atoms with Crippen LogP contribution in [-0.4, -0.2) is 32.1 Å². The van der Waals surface area contributed by atoms with Crippen LogP contribution >= 0.6 is 0 Å². The molecule has 1 rings (SSSR count). The summed E-state index contributed by atoms with van der Waals surface area (Å²) in [7, 11) is 1.35. The van der Waals surface area contributed by atoms with Crippen molar-refractivity contribution in [2.75, 3.05) is 13.7 Å². The van der Waals surface area contributed by atoms with Crippen molar-refractivity contribution < 1.29 is 19.0 Å². The van der Waals surface area contributed by atoms with Gasteiger partial charge in [-0.1, -0.05) is 6.92 Å². The summed E-state index contributed by atoms with van der Waals surface area (Å²) >= 11 is 0. The molecule has 0 amide bonds. The zero-order valence-electron chi connectivity index (χ0n) is 8.28. The van der Waals surface area contributed by atoms with Crippen LogP contribution in [0.4, 0.5) is 0 Å². The van der Waals surface area contributed by atoms with Gasteiger partial charge in [0.15, 0.2) is 12.4 Å². The van der Waals surface area contributed by atoms with E-state index in [9.17, 15) is 4.79 Å². The summed E-state index contributed by atoms with van der Waals surface area (Å²) in [4.78, 5) is 11.0. The molecule has 4 nitrogen and oxygen atoms in total. The van der Waals surface area contributed by atoms with Gasteiger partial charge in [0.2, 0.25) is 0 Å². The molecule has 3 atom stereocenters. The fourth-order valence-corrected chi connectivity index (χ4v) is 1.27. The van der Waals surface area contributed by atoms with Gasteiger partial charge in [-0.15, -0.1) is 0 Å². The van der Waals surface area contributed by atoms with E-state index in [1.807, 2.05) is 6.92 Å². The van der Waals surface area contributed by atoms with E-state index >= 15 is 0 Å². The van der Waals surface area contributed by atoms with Crippen molar-refractivity contribution in [2.45, 2.75) is 32.7 Å². The molecule has 13 heavy (non-hydrogen) atoms. The fourth-order valence-electron chi connectivity index (χ4n) is 1.27. The molecule has 0 unspecified atom stereocenters. The number of rotatable bonds is 3. The second-order valence-corrected chi connectivity index (χ2v) is 3.31. The van der Waals surface area contributed by atoms with Gasteiger partial charge in [0, 0.05) is 5.92 Å². The van der Waals surface area contributed by atoms with Crippen LogP contribution in [0.25, 0.3) is 0 Å². The Bertz CT molecular complexity index is 180. The van der Waals surface area contributed by atoms with Crippen LogP contribution in [0.5, 0.6) is 0 Å². The summed E-state index contributed by atoms with van der Waals surface area (Å²) in [5.41, 5.74) is 0. The standard InChI is InChI=1S/C9H16O4/c1-6-4-5-12-9(6)13-7(2)8(10)11-3/h6-7,9H,4-5H2,1-3H3/t6-,7+,9-/m1/s1. The first kappa shape index (κ1) is 10.5. The summed E-state index contributed by atoms with van der Waals surface area (Å²) in [6.45, 7) is 4.42. The Balaban J connectivity index is 2.34. The summed E-state index contributed by atoms with van der Waals surface area (Å²) in [5, 5.41) is 0. The minimum absolute atomic E-state index is 0.255. The molecule has 0 aromatic rings. The summed E-state index contributed by atoms with van der Waals surface area (Å²) < 4.78 is 15.2. The largest absolute Gasteiger partial charge is 0.467 e. The van der Waals surface area contributed by atoms with E-state index in [1.165, 1.54) is 7.11 Å². The highest BCUT2D eigenvalue weighted by Crippen LogP contribution is 2.22. The van der Waals surface area contributed by atoms with Crippen LogP contribution < -0.4 is 0 Å². The molecular formula is C9H16O4. The molecule has 76 valence electrons. The minimum Gasteiger partial charge on any atom is -0.467 e. The maximum atomic E-state index is 11.0. The number of methoxy groups -OCH3 is 1. The number of ether oxygens (including phenoxy) is 3. The Labute approximate surface area is 78.2 Å². The van der Waals surface area contributed by atoms with E-state index in [0.717, 1.165) is 6.42 Å². The minimum atomic E-state index is -0.546. The van der Waals surface area contributed by atoms with Crippen LogP contribution in [0.15, 0.2) is 0 Å². The van der Waals surface area contributed by atoms with Crippen LogP contribution in [0, 0.1) is 5.92 Å². The van der Waals surface area contributed by atoms with Gasteiger partial charge in [-0.05, 0) is 13.3 Å². The molecule has 0 N–H and O–H groups in total. The maximum absolute atomic E-state index is 11.0. The number of carbonyl (C=O) groups excluding carboxylic acids is 1. The molecule has 1 aliphatic rings. The Morgan fingerprint density at radius 2 is 2.31 bits per heavy atom. The van der Waals surface area contributed by atoms with Crippen LogP contribution in [0.2, 0.25) is 0 Å². The molecule has 0 bridgehead atoms. The smallest absolute Gasteiger partial charge is 0.334 e. The number of hydrogen-bond donors (Lipinski definition) is 0. The molecule has 0 saturated carbocycles. The van der Waals surface area contributed by atoms with Crippen molar-refractivity contribution in [1.29, 1.82) is 0 Å². The van der Waals surface area contributed by atoms with Crippen molar-refractivity contribution >= 4 is 5.97 Å². The monoisotopic (exact) mass is 188 g/mol. The molecule has 1 saturated heterocycles. The normalized spacial score (nSPS) is 30.1. The van der Waals surface area contributed by atoms with Crippen LogP contribution in [0.1, 0.15) is 20.3 Å². The summed E-state index contributed by atoms with van der Waals surface area (Å²) in [6, 6.07) is 0. The van der Waals surface area contributed by atoms with Gasteiger partial charge in [-0.3, -0.25) is 0 Å². The van der Waals surface area contributed by atoms with Gasteiger partial charge >= 0.3 is 5.97 Å². The average Bonchev–Trinajstić information content (AvgIpc) is 2.50. The molecule has 0 radical (unpaired) electrons. The van der Waals surface area contributed by atoms with Crippen molar-refractivity contribution in [2.24, 2.45) is 5.92 Å². The second kappa shape index (κ2) is 4.58. The average molecular weight is 188 g/mol. The third kappa shape index (κ3) is 2.67. The lowest BCUT2D eigenvalue weighted by atomic mass is 10.1. The lowest BCUT2D eigenvalue weighted by Gasteiger charge is -2.19. The molecule has 0 spiro atoms. The van der Waals surface area contributed by atoms with E-state index in [2.05, 4.69) is 4.74 Å². The lowest BCUT2D eigenvalue weighted by molar-refractivity contribution is -0.183. The van der Waals surface area contributed by atoms with E-state index in [-0.39, 0.29) is 12.3 Å². The van der Waals surface area contributed by atoms with Crippen LogP contribution in [-0.2, 0) is 19.0 Å². The fraction of sp³-hybridized carbons (Fsp3) is 0.889. The predicted molar refractivity (Wildman–Crippen MR) is 46.1 cm³/mol. The van der Waals surface area contributed by atoms with Crippen LogP contribution in [0.3, 0.4) is 0 Å². The number of hydrogen-bond acceptors (Lipinski definition) is 4. The quantitative estimate of drug-likeness (QED) is 0.618. The Morgan fingerprint density at radius 1 is 1.62 bits per heavy atom. The summed E-state index contributed by atoms with van der Waals surface area (Å²) in [5.74, 6) is -0.00481. The van der Waals surface area contributed by atoms with Gasteiger partial charge in [0.05, 0.1) is 13.7 Å². The van der Waals surface area contributed by atoms with Crippen molar-refractivity contribution in [3.63, 3.8) is 0 Å². The first-order valence-electron chi connectivity index (χ1n) is 4.50. The first-order chi connectivity index (χ1) is 6.15. The van der Waals surface area contributed by atoms with E-state index in [1.54, 1.807) is 6.92 Å². The van der Waals surface area contributed by atoms with Crippen molar-refractivity contribution in [3.05, 3.63) is 0 Å². The highest BCUT2D eigenvalue weighted by molar-refractivity contribution is 5.73.